The molecule has 0 aliphatic carbocycles. The molecule has 0 unspecified atom stereocenters. The molecule has 0 amide bonds. The van der Waals surface area contributed by atoms with Crippen molar-refractivity contribution >= 4 is 40.9 Å². The topological polar surface area (TPSA) is 63.6 Å². The summed E-state index contributed by atoms with van der Waals surface area (Å²) in [5.74, 6) is 0.455. The van der Waals surface area contributed by atoms with Crippen LogP contribution in [0.3, 0.4) is 0 Å². The Labute approximate surface area is 125 Å². The van der Waals surface area contributed by atoms with Gasteiger partial charge in [-0.15, -0.1) is 0 Å². The van der Waals surface area contributed by atoms with Crippen LogP contribution in [-0.2, 0) is 0 Å². The number of nitrogens with one attached hydrogen (secondary N) is 1. The second-order valence-electron chi connectivity index (χ2n) is 3.53. The zero-order valence-corrected chi connectivity index (χ0v) is 12.4. The molecule has 0 radical (unpaired) electrons. The normalized spacial score (nSPS) is 10.5. The number of halogens is 2. The zero-order valence-electron chi connectivity index (χ0n) is 10.1. The van der Waals surface area contributed by atoms with Gasteiger partial charge in [0.2, 0.25) is 11.2 Å². The zero-order chi connectivity index (χ0) is 13.7. The third-order valence-electron chi connectivity index (χ3n) is 2.03. The fourth-order valence-corrected chi connectivity index (χ4v) is 2.39. The monoisotopic (exact) mass is 315 g/mol. The highest BCUT2D eigenvalue weighted by molar-refractivity contribution is 7.99. The molecule has 8 heteroatoms. The molecule has 0 aliphatic heterocycles. The number of aromatic nitrogens is 4. The number of hydrogen-bond acceptors (Lipinski definition) is 6. The summed E-state index contributed by atoms with van der Waals surface area (Å²) < 4.78 is 0. The predicted octanol–water partition coefficient (Wildman–Crippen LogP) is 3.55. The Morgan fingerprint density at radius 3 is 2.84 bits per heavy atom. The van der Waals surface area contributed by atoms with Gasteiger partial charge < -0.3 is 5.32 Å². The van der Waals surface area contributed by atoms with Gasteiger partial charge in [-0.3, -0.25) is 0 Å². The summed E-state index contributed by atoms with van der Waals surface area (Å²) in [7, 11) is 0. The van der Waals surface area contributed by atoms with Crippen LogP contribution in [0.15, 0.2) is 28.5 Å². The molecule has 5 nitrogen and oxygen atoms in total. The second kappa shape index (κ2) is 6.88. The molecule has 2 aromatic heterocycles. The Morgan fingerprint density at radius 1 is 1.26 bits per heavy atom. The van der Waals surface area contributed by atoms with Gasteiger partial charge in [-0.25, -0.2) is 4.98 Å². The Morgan fingerprint density at radius 2 is 2.11 bits per heavy atom. The van der Waals surface area contributed by atoms with Crippen molar-refractivity contribution in [2.45, 2.75) is 23.5 Å². The Kier molecular flexibility index (Phi) is 5.18. The molecule has 0 aromatic carbocycles. The van der Waals surface area contributed by atoms with Gasteiger partial charge >= 0.3 is 0 Å². The summed E-state index contributed by atoms with van der Waals surface area (Å²) in [4.78, 5) is 16.5. The summed E-state index contributed by atoms with van der Waals surface area (Å²) in [6.07, 6.45) is 2.63. The van der Waals surface area contributed by atoms with Crippen LogP contribution >= 0.6 is 35.0 Å². The first-order valence-electron chi connectivity index (χ1n) is 5.63. The van der Waals surface area contributed by atoms with E-state index >= 15 is 0 Å². The summed E-state index contributed by atoms with van der Waals surface area (Å²) in [6.45, 7) is 2.83. The van der Waals surface area contributed by atoms with Crippen molar-refractivity contribution in [2.24, 2.45) is 0 Å². The minimum absolute atomic E-state index is 0.142. The fourth-order valence-electron chi connectivity index (χ4n) is 1.23. The van der Waals surface area contributed by atoms with Crippen molar-refractivity contribution in [3.63, 3.8) is 0 Å². The molecule has 2 rings (SSSR count). The van der Waals surface area contributed by atoms with Gasteiger partial charge in [-0.2, -0.15) is 15.0 Å². The summed E-state index contributed by atoms with van der Waals surface area (Å²) in [6, 6.07) is 3.52. The maximum absolute atomic E-state index is 6.03. The van der Waals surface area contributed by atoms with Crippen LogP contribution in [0.4, 0.5) is 5.95 Å². The van der Waals surface area contributed by atoms with Gasteiger partial charge in [0, 0.05) is 12.7 Å². The standard InChI is InChI=1S/C11H11Cl2N5S/c1-2-5-15-10-16-9(13)17-11(18-10)19-8-7(12)4-3-6-14-8/h3-4,6H,2,5H2,1H3,(H,15,16,17,18). The second-order valence-corrected chi connectivity index (χ2v) is 5.23. The van der Waals surface area contributed by atoms with Gasteiger partial charge in [0.25, 0.3) is 0 Å². The number of rotatable bonds is 5. The number of hydrogen-bond donors (Lipinski definition) is 1. The summed E-state index contributed by atoms with van der Waals surface area (Å²) >= 11 is 13.1. The van der Waals surface area contributed by atoms with Crippen LogP contribution in [-0.4, -0.2) is 26.5 Å². The number of anilines is 1. The molecule has 0 fully saturated rings. The first-order valence-corrected chi connectivity index (χ1v) is 7.20. The third-order valence-corrected chi connectivity index (χ3v) is 3.50. The SMILES string of the molecule is CCCNc1nc(Cl)nc(Sc2ncccc2Cl)n1. The van der Waals surface area contributed by atoms with Crippen LogP contribution in [0, 0.1) is 0 Å². The van der Waals surface area contributed by atoms with E-state index < -0.39 is 0 Å². The highest BCUT2D eigenvalue weighted by Gasteiger charge is 2.09. The Hall–Kier alpha value is -1.11. The molecule has 100 valence electrons. The molecule has 19 heavy (non-hydrogen) atoms. The first-order chi connectivity index (χ1) is 9.19. The number of nitrogens with zero attached hydrogens (tertiary/aromatic N) is 4. The van der Waals surface area contributed by atoms with Gasteiger partial charge in [0.15, 0.2) is 5.16 Å². The maximum atomic E-state index is 6.03. The maximum Gasteiger partial charge on any atom is 0.228 e. The van der Waals surface area contributed by atoms with E-state index in [0.29, 0.717) is 21.2 Å². The molecule has 0 saturated heterocycles. The van der Waals surface area contributed by atoms with Crippen molar-refractivity contribution < 1.29 is 0 Å². The van der Waals surface area contributed by atoms with E-state index in [0.717, 1.165) is 13.0 Å². The lowest BCUT2D eigenvalue weighted by Crippen LogP contribution is -2.06. The molecule has 0 saturated carbocycles. The predicted molar refractivity (Wildman–Crippen MR) is 77.0 cm³/mol. The molecule has 1 N–H and O–H groups in total. The Bertz CT molecular complexity index is 567. The van der Waals surface area contributed by atoms with Crippen molar-refractivity contribution in [3.8, 4) is 0 Å². The van der Waals surface area contributed by atoms with Gasteiger partial charge in [-0.1, -0.05) is 18.5 Å². The van der Waals surface area contributed by atoms with Gasteiger partial charge in [0.1, 0.15) is 5.03 Å². The van der Waals surface area contributed by atoms with Gasteiger partial charge in [-0.05, 0) is 41.9 Å². The minimum Gasteiger partial charge on any atom is -0.354 e. The average molecular weight is 316 g/mol. The molecule has 0 atom stereocenters. The lowest BCUT2D eigenvalue weighted by Gasteiger charge is -2.05. The van der Waals surface area contributed by atoms with E-state index in [9.17, 15) is 0 Å². The highest BCUT2D eigenvalue weighted by atomic mass is 35.5. The lowest BCUT2D eigenvalue weighted by atomic mass is 10.5. The van der Waals surface area contributed by atoms with Gasteiger partial charge in [0.05, 0.1) is 5.02 Å². The van der Waals surface area contributed by atoms with Crippen LogP contribution < -0.4 is 5.32 Å². The smallest absolute Gasteiger partial charge is 0.228 e. The van der Waals surface area contributed by atoms with Crippen LogP contribution in [0.25, 0.3) is 0 Å². The van der Waals surface area contributed by atoms with Crippen molar-refractivity contribution in [1.29, 1.82) is 0 Å². The molecular weight excluding hydrogens is 305 g/mol. The van der Waals surface area contributed by atoms with E-state index in [-0.39, 0.29) is 5.28 Å². The fraction of sp³-hybridized carbons (Fsp3) is 0.273. The Balaban J connectivity index is 2.20. The van der Waals surface area contributed by atoms with Crippen LogP contribution in [0.2, 0.25) is 10.3 Å². The largest absolute Gasteiger partial charge is 0.354 e. The molecule has 2 aromatic rings. The van der Waals surface area contributed by atoms with E-state index in [4.69, 9.17) is 23.2 Å². The number of pyridine rings is 1. The molecule has 0 spiro atoms. The molecule has 2 heterocycles. The molecular formula is C11H11Cl2N5S. The first kappa shape index (κ1) is 14.3. The molecule has 0 bridgehead atoms. The lowest BCUT2D eigenvalue weighted by molar-refractivity contribution is 0.876. The van der Waals surface area contributed by atoms with E-state index in [1.54, 1.807) is 18.3 Å². The third kappa shape index (κ3) is 4.19. The highest BCUT2D eigenvalue weighted by Crippen LogP contribution is 2.29. The quantitative estimate of drug-likeness (QED) is 0.910. The average Bonchev–Trinajstić information content (AvgIpc) is 2.38. The summed E-state index contributed by atoms with van der Waals surface area (Å²) in [5, 5.41) is 4.84. The summed E-state index contributed by atoms with van der Waals surface area (Å²) in [5.41, 5.74) is 0. The van der Waals surface area contributed by atoms with Crippen LogP contribution in [0.5, 0.6) is 0 Å². The van der Waals surface area contributed by atoms with Crippen molar-refractivity contribution in [2.75, 3.05) is 11.9 Å². The van der Waals surface area contributed by atoms with E-state index in [1.807, 2.05) is 0 Å². The van der Waals surface area contributed by atoms with Crippen molar-refractivity contribution in [1.82, 2.24) is 19.9 Å². The minimum atomic E-state index is 0.142. The van der Waals surface area contributed by atoms with Crippen molar-refractivity contribution in [3.05, 3.63) is 28.6 Å². The molecule has 0 aliphatic rings. The van der Waals surface area contributed by atoms with Crippen LogP contribution in [0.1, 0.15) is 13.3 Å². The van der Waals surface area contributed by atoms with E-state index in [2.05, 4.69) is 32.2 Å². The van der Waals surface area contributed by atoms with E-state index in [1.165, 1.54) is 11.8 Å².